The summed E-state index contributed by atoms with van der Waals surface area (Å²) in [5.74, 6) is 3.38. The average Bonchev–Trinajstić information content (AvgIpc) is 2.78. The zero-order chi connectivity index (χ0) is 22.1. The van der Waals surface area contributed by atoms with Gasteiger partial charge in [-0.25, -0.2) is 0 Å². The van der Waals surface area contributed by atoms with Crippen LogP contribution in [0.1, 0.15) is 25.3 Å². The molecule has 1 atom stereocenters. The van der Waals surface area contributed by atoms with Crippen molar-refractivity contribution in [2.24, 2.45) is 4.99 Å². The number of amides is 1. The van der Waals surface area contributed by atoms with E-state index in [4.69, 9.17) is 14.5 Å². The number of ether oxygens (including phenoxy) is 2. The largest absolute Gasteiger partial charge is 0.497 e. The maximum Gasteiger partial charge on any atom is 0.222 e. The van der Waals surface area contributed by atoms with Crippen molar-refractivity contribution in [3.05, 3.63) is 54.1 Å². The summed E-state index contributed by atoms with van der Waals surface area (Å²) in [7, 11) is 3.50. The van der Waals surface area contributed by atoms with Crippen LogP contribution in [0.3, 0.4) is 0 Å². The molecule has 1 heterocycles. The SMILES string of the molecule is CCNC(=NCCc1ccc(Oc2ccc(OC)cc2)cc1)NC1CCC(=O)N(C)C1. The number of methoxy groups -OCH3 is 1. The van der Waals surface area contributed by atoms with Gasteiger partial charge in [-0.15, -0.1) is 0 Å². The van der Waals surface area contributed by atoms with Crippen LogP contribution in [0.5, 0.6) is 17.2 Å². The molecule has 0 spiro atoms. The summed E-state index contributed by atoms with van der Waals surface area (Å²) in [5.41, 5.74) is 1.20. The van der Waals surface area contributed by atoms with E-state index >= 15 is 0 Å². The van der Waals surface area contributed by atoms with Crippen LogP contribution in [0.4, 0.5) is 0 Å². The number of rotatable bonds is 8. The van der Waals surface area contributed by atoms with Gasteiger partial charge in [-0.05, 0) is 61.7 Å². The lowest BCUT2D eigenvalue weighted by molar-refractivity contribution is -0.132. The smallest absolute Gasteiger partial charge is 0.222 e. The van der Waals surface area contributed by atoms with Crippen LogP contribution in [0.2, 0.25) is 0 Å². The van der Waals surface area contributed by atoms with Crippen LogP contribution in [0.25, 0.3) is 0 Å². The Balaban J connectivity index is 1.50. The first kappa shape index (κ1) is 22.5. The van der Waals surface area contributed by atoms with E-state index in [1.165, 1.54) is 5.56 Å². The topological polar surface area (TPSA) is 75.2 Å². The molecule has 1 amide bonds. The number of piperidine rings is 1. The molecule has 3 rings (SSSR count). The number of aliphatic imine (C=N–C) groups is 1. The lowest BCUT2D eigenvalue weighted by Crippen LogP contribution is -2.51. The van der Waals surface area contributed by atoms with Gasteiger partial charge in [0.2, 0.25) is 5.91 Å². The minimum absolute atomic E-state index is 0.208. The summed E-state index contributed by atoms with van der Waals surface area (Å²) in [6, 6.07) is 15.8. The van der Waals surface area contributed by atoms with Crippen LogP contribution in [-0.2, 0) is 11.2 Å². The number of guanidine groups is 1. The quantitative estimate of drug-likeness (QED) is 0.503. The molecule has 1 fully saturated rings. The second-order valence-corrected chi connectivity index (χ2v) is 7.59. The Bertz CT molecular complexity index is 865. The van der Waals surface area contributed by atoms with Crippen LogP contribution >= 0.6 is 0 Å². The molecular formula is C24H32N4O3. The predicted molar refractivity (Wildman–Crippen MR) is 123 cm³/mol. The first-order valence-electron chi connectivity index (χ1n) is 10.8. The van der Waals surface area contributed by atoms with Gasteiger partial charge in [0, 0.05) is 39.1 Å². The monoisotopic (exact) mass is 424 g/mol. The van der Waals surface area contributed by atoms with Crippen molar-refractivity contribution in [1.29, 1.82) is 0 Å². The second-order valence-electron chi connectivity index (χ2n) is 7.59. The molecule has 31 heavy (non-hydrogen) atoms. The van der Waals surface area contributed by atoms with Gasteiger partial charge in [0.25, 0.3) is 0 Å². The minimum atomic E-state index is 0.208. The minimum Gasteiger partial charge on any atom is -0.497 e. The number of nitrogens with one attached hydrogen (secondary N) is 2. The highest BCUT2D eigenvalue weighted by molar-refractivity contribution is 5.81. The van der Waals surface area contributed by atoms with Crippen LogP contribution in [0.15, 0.2) is 53.5 Å². The third-order valence-electron chi connectivity index (χ3n) is 5.20. The highest BCUT2D eigenvalue weighted by atomic mass is 16.5. The van der Waals surface area contributed by atoms with Crippen molar-refractivity contribution in [2.75, 3.05) is 33.8 Å². The van der Waals surface area contributed by atoms with Gasteiger partial charge in [0.1, 0.15) is 17.2 Å². The summed E-state index contributed by atoms with van der Waals surface area (Å²) in [6.45, 7) is 4.23. The highest BCUT2D eigenvalue weighted by Crippen LogP contribution is 2.24. The Labute approximate surface area is 184 Å². The maximum absolute atomic E-state index is 11.7. The fourth-order valence-corrected chi connectivity index (χ4v) is 3.44. The summed E-state index contributed by atoms with van der Waals surface area (Å²) in [5, 5.41) is 6.75. The normalized spacial score (nSPS) is 16.7. The predicted octanol–water partition coefficient (Wildman–Crippen LogP) is 3.21. The maximum atomic E-state index is 11.7. The van der Waals surface area contributed by atoms with Gasteiger partial charge >= 0.3 is 0 Å². The van der Waals surface area contributed by atoms with Crippen molar-refractivity contribution in [2.45, 2.75) is 32.2 Å². The van der Waals surface area contributed by atoms with E-state index in [2.05, 4.69) is 29.7 Å². The molecule has 0 bridgehead atoms. The van der Waals surface area contributed by atoms with Crippen LogP contribution in [-0.4, -0.2) is 56.6 Å². The Morgan fingerprint density at radius 2 is 1.74 bits per heavy atom. The average molecular weight is 425 g/mol. The fourth-order valence-electron chi connectivity index (χ4n) is 3.44. The van der Waals surface area contributed by atoms with Gasteiger partial charge in [-0.1, -0.05) is 12.1 Å². The first-order chi connectivity index (χ1) is 15.1. The van der Waals surface area contributed by atoms with E-state index in [9.17, 15) is 4.79 Å². The van der Waals surface area contributed by atoms with Crippen LogP contribution in [0, 0.1) is 0 Å². The van der Waals surface area contributed by atoms with Crippen molar-refractivity contribution in [1.82, 2.24) is 15.5 Å². The molecule has 1 aliphatic rings. The molecule has 7 nitrogen and oxygen atoms in total. The third kappa shape index (κ3) is 6.91. The van der Waals surface area contributed by atoms with Gasteiger partial charge < -0.3 is 25.0 Å². The number of nitrogens with zero attached hydrogens (tertiary/aromatic N) is 2. The Kier molecular flexibility index (Phi) is 8.15. The van der Waals surface area contributed by atoms with Crippen molar-refractivity contribution >= 4 is 11.9 Å². The number of likely N-dealkylation sites (tertiary alicyclic amines) is 1. The first-order valence-corrected chi connectivity index (χ1v) is 10.8. The summed E-state index contributed by atoms with van der Waals surface area (Å²) in [4.78, 5) is 18.2. The molecule has 0 aromatic heterocycles. The van der Waals surface area contributed by atoms with E-state index < -0.39 is 0 Å². The highest BCUT2D eigenvalue weighted by Gasteiger charge is 2.23. The third-order valence-corrected chi connectivity index (χ3v) is 5.20. The van der Waals surface area contributed by atoms with Crippen molar-refractivity contribution in [3.8, 4) is 17.2 Å². The molecular weight excluding hydrogens is 392 g/mol. The van der Waals surface area contributed by atoms with Crippen molar-refractivity contribution in [3.63, 3.8) is 0 Å². The Morgan fingerprint density at radius 1 is 1.10 bits per heavy atom. The summed E-state index contributed by atoms with van der Waals surface area (Å²) < 4.78 is 11.0. The number of carbonyl (C=O) groups excluding carboxylic acids is 1. The number of likely N-dealkylation sites (N-methyl/N-ethyl adjacent to an activating group) is 1. The Hall–Kier alpha value is -3.22. The number of benzene rings is 2. The molecule has 1 aliphatic heterocycles. The number of hydrogen-bond acceptors (Lipinski definition) is 4. The Morgan fingerprint density at radius 3 is 2.35 bits per heavy atom. The molecule has 2 aromatic carbocycles. The molecule has 2 N–H and O–H groups in total. The van der Waals surface area contributed by atoms with E-state index in [1.54, 1.807) is 12.0 Å². The number of hydrogen-bond donors (Lipinski definition) is 2. The zero-order valence-electron chi connectivity index (χ0n) is 18.6. The molecule has 0 saturated carbocycles. The van der Waals surface area contributed by atoms with Gasteiger partial charge in [-0.3, -0.25) is 9.79 Å². The van der Waals surface area contributed by atoms with Gasteiger partial charge in [-0.2, -0.15) is 0 Å². The standard InChI is InChI=1S/C24H32N4O3/c1-4-25-24(27-19-7-14-23(29)28(2)17-19)26-16-15-18-5-8-21(9-6-18)31-22-12-10-20(30-3)11-13-22/h5-6,8-13,19H,4,7,14-17H2,1-3H3,(H2,25,26,27). The van der Waals surface area contributed by atoms with E-state index in [-0.39, 0.29) is 11.9 Å². The summed E-state index contributed by atoms with van der Waals surface area (Å²) >= 11 is 0. The molecule has 1 unspecified atom stereocenters. The molecule has 0 radical (unpaired) electrons. The second kappa shape index (κ2) is 11.2. The van der Waals surface area contributed by atoms with Gasteiger partial charge in [0.05, 0.1) is 7.11 Å². The lowest BCUT2D eigenvalue weighted by Gasteiger charge is -2.31. The summed E-state index contributed by atoms with van der Waals surface area (Å²) in [6.07, 6.45) is 2.25. The molecule has 2 aromatic rings. The van der Waals surface area contributed by atoms with E-state index in [0.717, 1.165) is 42.6 Å². The molecule has 1 saturated heterocycles. The van der Waals surface area contributed by atoms with Gasteiger partial charge in [0.15, 0.2) is 5.96 Å². The van der Waals surface area contributed by atoms with E-state index in [0.29, 0.717) is 19.5 Å². The number of carbonyl (C=O) groups is 1. The molecule has 166 valence electrons. The lowest BCUT2D eigenvalue weighted by atomic mass is 10.1. The van der Waals surface area contributed by atoms with Crippen molar-refractivity contribution < 1.29 is 14.3 Å². The molecule has 0 aliphatic carbocycles. The van der Waals surface area contributed by atoms with Crippen LogP contribution < -0.4 is 20.1 Å². The van der Waals surface area contributed by atoms with E-state index in [1.807, 2.05) is 43.4 Å². The fraction of sp³-hybridized carbons (Fsp3) is 0.417. The zero-order valence-corrected chi connectivity index (χ0v) is 18.6. The molecule has 7 heteroatoms.